The zero-order chi connectivity index (χ0) is 16.8. The molecule has 122 valence electrons. The lowest BCUT2D eigenvalue weighted by molar-refractivity contribution is -0.133. The number of amides is 1. The van der Waals surface area contributed by atoms with Gasteiger partial charge in [0.1, 0.15) is 5.75 Å². The first-order chi connectivity index (χ1) is 11.0. The molecular weight excluding hydrogens is 286 g/mol. The van der Waals surface area contributed by atoms with Crippen molar-refractivity contribution >= 4 is 5.91 Å². The van der Waals surface area contributed by atoms with E-state index < -0.39 is 0 Å². The molecule has 2 atom stereocenters. The van der Waals surface area contributed by atoms with E-state index in [4.69, 9.17) is 4.74 Å². The highest BCUT2D eigenvalue weighted by molar-refractivity contribution is 5.74. The summed E-state index contributed by atoms with van der Waals surface area (Å²) in [5, 5.41) is 0. The Labute approximate surface area is 138 Å². The lowest BCUT2D eigenvalue weighted by Crippen LogP contribution is -2.40. The molecule has 2 aromatic carbocycles. The molecule has 23 heavy (non-hydrogen) atoms. The molecule has 0 aliphatic rings. The second-order valence-corrected chi connectivity index (χ2v) is 5.91. The predicted octanol–water partition coefficient (Wildman–Crippen LogP) is 4.24. The number of hydrogen-bond acceptors (Lipinski definition) is 2. The van der Waals surface area contributed by atoms with Crippen molar-refractivity contribution in [3.63, 3.8) is 0 Å². The van der Waals surface area contributed by atoms with Crippen LogP contribution in [0.1, 0.15) is 37.9 Å². The summed E-state index contributed by atoms with van der Waals surface area (Å²) in [5.41, 5.74) is 2.36. The van der Waals surface area contributed by atoms with Gasteiger partial charge in [0.2, 0.25) is 5.91 Å². The number of benzene rings is 2. The summed E-state index contributed by atoms with van der Waals surface area (Å²) in [5.74, 6) is 0.949. The van der Waals surface area contributed by atoms with Gasteiger partial charge in [0, 0.05) is 13.0 Å². The van der Waals surface area contributed by atoms with Crippen molar-refractivity contribution in [1.82, 2.24) is 4.90 Å². The van der Waals surface area contributed by atoms with Crippen LogP contribution < -0.4 is 4.74 Å². The van der Waals surface area contributed by atoms with Crippen LogP contribution in [0.25, 0.3) is 0 Å². The zero-order valence-electron chi connectivity index (χ0n) is 14.3. The van der Waals surface area contributed by atoms with Gasteiger partial charge in [-0.15, -0.1) is 0 Å². The van der Waals surface area contributed by atoms with E-state index in [0.29, 0.717) is 0 Å². The van der Waals surface area contributed by atoms with Gasteiger partial charge in [0.25, 0.3) is 0 Å². The third-order valence-corrected chi connectivity index (χ3v) is 4.23. The van der Waals surface area contributed by atoms with Crippen molar-refractivity contribution in [3.8, 4) is 5.75 Å². The largest absolute Gasteiger partial charge is 0.497 e. The summed E-state index contributed by atoms with van der Waals surface area (Å²) in [6.07, 6.45) is 0.820. The fourth-order valence-corrected chi connectivity index (χ4v) is 3.06. The Hall–Kier alpha value is -2.29. The number of nitrogens with zero attached hydrogens (tertiary/aromatic N) is 1. The van der Waals surface area contributed by atoms with Crippen molar-refractivity contribution in [2.24, 2.45) is 0 Å². The van der Waals surface area contributed by atoms with Crippen LogP contribution in [0, 0.1) is 0 Å². The minimum atomic E-state index is 0.0574. The third-order valence-electron chi connectivity index (χ3n) is 4.23. The quantitative estimate of drug-likeness (QED) is 0.798. The molecule has 0 heterocycles. The second kappa shape index (κ2) is 7.82. The van der Waals surface area contributed by atoms with Crippen LogP contribution in [0.5, 0.6) is 5.75 Å². The van der Waals surface area contributed by atoms with E-state index in [9.17, 15) is 4.79 Å². The van der Waals surface area contributed by atoms with Crippen LogP contribution in [0.3, 0.4) is 0 Å². The highest BCUT2D eigenvalue weighted by Crippen LogP contribution is 2.24. The number of ether oxygens (including phenoxy) is 1. The van der Waals surface area contributed by atoms with Crippen molar-refractivity contribution in [2.45, 2.75) is 39.3 Å². The van der Waals surface area contributed by atoms with E-state index in [0.717, 1.165) is 17.7 Å². The standard InChI is InChI=1S/C20H25NO2/c1-15(14-18-10-12-20(23-4)13-11-18)21(17(3)22)16(2)19-8-6-5-7-9-19/h5-13,15-16H,14H2,1-4H3/t15-,16-/m1/s1. The molecule has 3 nitrogen and oxygen atoms in total. The number of carbonyl (C=O) groups excluding carboxylic acids is 1. The molecule has 2 rings (SSSR count). The van der Waals surface area contributed by atoms with Gasteiger partial charge in [-0.1, -0.05) is 42.5 Å². The van der Waals surface area contributed by atoms with Crippen molar-refractivity contribution in [1.29, 1.82) is 0 Å². The molecule has 0 N–H and O–H groups in total. The van der Waals surface area contributed by atoms with E-state index in [1.165, 1.54) is 5.56 Å². The first-order valence-corrected chi connectivity index (χ1v) is 7.99. The average Bonchev–Trinajstić information content (AvgIpc) is 2.56. The monoisotopic (exact) mass is 311 g/mol. The minimum Gasteiger partial charge on any atom is -0.497 e. The average molecular weight is 311 g/mol. The maximum Gasteiger partial charge on any atom is 0.220 e. The number of rotatable bonds is 6. The molecule has 3 heteroatoms. The van der Waals surface area contributed by atoms with Gasteiger partial charge in [0.15, 0.2) is 0 Å². The molecule has 1 amide bonds. The van der Waals surface area contributed by atoms with Crippen LogP contribution in [0.2, 0.25) is 0 Å². The SMILES string of the molecule is COc1ccc(C[C@@H](C)N(C(C)=O)[C@H](C)c2ccccc2)cc1. The van der Waals surface area contributed by atoms with Gasteiger partial charge in [-0.3, -0.25) is 4.79 Å². The molecule has 0 radical (unpaired) electrons. The van der Waals surface area contributed by atoms with Gasteiger partial charge < -0.3 is 9.64 Å². The van der Waals surface area contributed by atoms with Crippen LogP contribution in [0.15, 0.2) is 54.6 Å². The smallest absolute Gasteiger partial charge is 0.220 e. The molecule has 0 bridgehead atoms. The van der Waals surface area contributed by atoms with Crippen molar-refractivity contribution in [2.75, 3.05) is 7.11 Å². The first kappa shape index (κ1) is 17.1. The van der Waals surface area contributed by atoms with Gasteiger partial charge in [0.05, 0.1) is 13.2 Å². The Bertz CT molecular complexity index is 622. The van der Waals surface area contributed by atoms with Crippen molar-refractivity contribution < 1.29 is 9.53 Å². The molecule has 0 aromatic heterocycles. The summed E-state index contributed by atoms with van der Waals surface area (Å²) in [6, 6.07) is 18.4. The first-order valence-electron chi connectivity index (χ1n) is 7.99. The van der Waals surface area contributed by atoms with Gasteiger partial charge in [-0.25, -0.2) is 0 Å². The molecule has 2 aromatic rings. The summed E-state index contributed by atoms with van der Waals surface area (Å²) in [7, 11) is 1.66. The highest BCUT2D eigenvalue weighted by Gasteiger charge is 2.24. The van der Waals surface area contributed by atoms with Gasteiger partial charge >= 0.3 is 0 Å². The number of carbonyl (C=O) groups is 1. The summed E-state index contributed by atoms with van der Waals surface area (Å²) < 4.78 is 5.19. The summed E-state index contributed by atoms with van der Waals surface area (Å²) >= 11 is 0. The Morgan fingerprint density at radius 1 is 1.04 bits per heavy atom. The number of hydrogen-bond donors (Lipinski definition) is 0. The predicted molar refractivity (Wildman–Crippen MR) is 93.5 cm³/mol. The van der Waals surface area contributed by atoms with Crippen LogP contribution in [0.4, 0.5) is 0 Å². The van der Waals surface area contributed by atoms with Gasteiger partial charge in [-0.05, 0) is 43.5 Å². The molecule has 0 saturated heterocycles. The summed E-state index contributed by atoms with van der Waals surface area (Å²) in [6.45, 7) is 5.83. The lowest BCUT2D eigenvalue weighted by atomic mass is 10.0. The molecular formula is C20H25NO2. The van der Waals surface area contributed by atoms with Crippen LogP contribution >= 0.6 is 0 Å². The van der Waals surface area contributed by atoms with E-state index in [-0.39, 0.29) is 18.0 Å². The zero-order valence-corrected chi connectivity index (χ0v) is 14.3. The van der Waals surface area contributed by atoms with Crippen LogP contribution in [-0.4, -0.2) is 24.0 Å². The maximum absolute atomic E-state index is 12.2. The lowest BCUT2D eigenvalue weighted by Gasteiger charge is -2.34. The van der Waals surface area contributed by atoms with Gasteiger partial charge in [-0.2, -0.15) is 0 Å². The fourth-order valence-electron chi connectivity index (χ4n) is 3.06. The molecule has 0 spiro atoms. The van der Waals surface area contributed by atoms with E-state index in [2.05, 4.69) is 38.1 Å². The summed E-state index contributed by atoms with van der Waals surface area (Å²) in [4.78, 5) is 14.2. The molecule has 0 fully saturated rings. The van der Waals surface area contributed by atoms with E-state index in [1.807, 2.05) is 35.2 Å². The molecule has 0 aliphatic carbocycles. The number of methoxy groups -OCH3 is 1. The fraction of sp³-hybridized carbons (Fsp3) is 0.350. The van der Waals surface area contributed by atoms with E-state index in [1.54, 1.807) is 14.0 Å². The van der Waals surface area contributed by atoms with Crippen LogP contribution in [-0.2, 0) is 11.2 Å². The third kappa shape index (κ3) is 4.35. The second-order valence-electron chi connectivity index (χ2n) is 5.91. The van der Waals surface area contributed by atoms with E-state index >= 15 is 0 Å². The maximum atomic E-state index is 12.2. The topological polar surface area (TPSA) is 29.5 Å². The van der Waals surface area contributed by atoms with Crippen molar-refractivity contribution in [3.05, 3.63) is 65.7 Å². The normalized spacial score (nSPS) is 13.2. The molecule has 0 unspecified atom stereocenters. The Kier molecular flexibility index (Phi) is 5.80. The molecule has 0 aliphatic heterocycles. The Morgan fingerprint density at radius 2 is 1.65 bits per heavy atom. The Morgan fingerprint density at radius 3 is 2.17 bits per heavy atom. The Balaban J connectivity index is 2.14. The highest BCUT2D eigenvalue weighted by atomic mass is 16.5. The molecule has 0 saturated carbocycles. The minimum absolute atomic E-state index is 0.0574.